The highest BCUT2D eigenvalue weighted by atomic mass is 19.4. The molecule has 0 saturated carbocycles. The van der Waals surface area contributed by atoms with Gasteiger partial charge in [-0.05, 0) is 33.1 Å². The van der Waals surface area contributed by atoms with Gasteiger partial charge in [-0.2, -0.15) is 13.2 Å². The molecule has 1 saturated heterocycles. The first-order chi connectivity index (χ1) is 11.3. The van der Waals surface area contributed by atoms with E-state index < -0.39 is 17.8 Å². The van der Waals surface area contributed by atoms with E-state index in [0.29, 0.717) is 31.6 Å². The second-order valence-corrected chi connectivity index (χ2v) is 6.57. The number of aryl methyl sites for hydroxylation is 2. The number of alkyl halides is 3. The Kier molecular flexibility index (Phi) is 4.50. The van der Waals surface area contributed by atoms with Crippen molar-refractivity contribution < 1.29 is 18.0 Å². The fourth-order valence-electron chi connectivity index (χ4n) is 3.58. The van der Waals surface area contributed by atoms with Crippen LogP contribution in [0.5, 0.6) is 0 Å². The minimum absolute atomic E-state index is 0.0525. The minimum atomic E-state index is -4.52. The zero-order valence-electron chi connectivity index (χ0n) is 13.8. The third-order valence-corrected chi connectivity index (χ3v) is 4.79. The molecule has 1 aromatic heterocycles. The summed E-state index contributed by atoms with van der Waals surface area (Å²) in [6.45, 7) is 5.45. The van der Waals surface area contributed by atoms with Crippen molar-refractivity contribution in [3.63, 3.8) is 0 Å². The van der Waals surface area contributed by atoms with Gasteiger partial charge in [0, 0.05) is 42.9 Å². The quantitative estimate of drug-likeness (QED) is 0.844. The van der Waals surface area contributed by atoms with Gasteiger partial charge in [-0.25, -0.2) is 9.97 Å². The smallest absolute Gasteiger partial charge is 0.337 e. The molecule has 1 aliphatic carbocycles. The van der Waals surface area contributed by atoms with Gasteiger partial charge >= 0.3 is 6.18 Å². The first kappa shape index (κ1) is 17.1. The molecule has 1 fully saturated rings. The van der Waals surface area contributed by atoms with Gasteiger partial charge in [-0.1, -0.05) is 0 Å². The number of nitrogens with zero attached hydrogens (tertiary/aromatic N) is 3. The monoisotopic (exact) mass is 342 g/mol. The largest absolute Gasteiger partial charge is 0.433 e. The number of nitrogens with one attached hydrogen (secondary N) is 1. The number of halogens is 3. The van der Waals surface area contributed by atoms with Gasteiger partial charge in [0.15, 0.2) is 5.69 Å². The number of piperazine rings is 1. The highest BCUT2D eigenvalue weighted by molar-refractivity contribution is 5.80. The molecule has 1 amide bonds. The van der Waals surface area contributed by atoms with Crippen molar-refractivity contribution in [3.05, 3.63) is 22.8 Å². The van der Waals surface area contributed by atoms with E-state index in [9.17, 15) is 18.0 Å². The van der Waals surface area contributed by atoms with Gasteiger partial charge in [0.25, 0.3) is 0 Å². The van der Waals surface area contributed by atoms with Crippen molar-refractivity contribution in [2.45, 2.75) is 45.3 Å². The summed E-state index contributed by atoms with van der Waals surface area (Å²) in [6.07, 6.45) is -3.53. The van der Waals surface area contributed by atoms with Crippen LogP contribution in [0.15, 0.2) is 0 Å². The lowest BCUT2D eigenvalue weighted by Gasteiger charge is -2.37. The van der Waals surface area contributed by atoms with Crippen LogP contribution in [0.25, 0.3) is 0 Å². The summed E-state index contributed by atoms with van der Waals surface area (Å²) in [7, 11) is 0. The number of aromatic nitrogens is 2. The van der Waals surface area contributed by atoms with E-state index in [-0.39, 0.29) is 29.8 Å². The van der Waals surface area contributed by atoms with E-state index in [2.05, 4.69) is 15.3 Å². The molecule has 8 heteroatoms. The predicted molar refractivity (Wildman–Crippen MR) is 81.3 cm³/mol. The number of hydrogen-bond acceptors (Lipinski definition) is 4. The molecule has 1 aromatic rings. The van der Waals surface area contributed by atoms with Crippen LogP contribution in [0.4, 0.5) is 13.2 Å². The average molecular weight is 342 g/mol. The van der Waals surface area contributed by atoms with Crippen molar-refractivity contribution in [2.75, 3.05) is 19.6 Å². The molecule has 3 rings (SSSR count). The number of amides is 1. The first-order valence-electron chi connectivity index (χ1n) is 8.22. The molecule has 2 aliphatic rings. The average Bonchev–Trinajstić information content (AvgIpc) is 2.52. The number of rotatable bonds is 1. The maximum absolute atomic E-state index is 13.3. The minimum Gasteiger partial charge on any atom is -0.337 e. The second-order valence-electron chi connectivity index (χ2n) is 6.57. The Morgan fingerprint density at radius 1 is 1.33 bits per heavy atom. The van der Waals surface area contributed by atoms with Gasteiger partial charge in [-0.15, -0.1) is 0 Å². The summed E-state index contributed by atoms with van der Waals surface area (Å²) in [5.74, 6) is -0.351. The fraction of sp³-hybridized carbons (Fsp3) is 0.688. The standard InChI is InChI=1S/C16H21F3N4O/c1-9-8-20-5-6-23(9)15(24)11-3-4-13-12(7-11)14(16(17,18)19)22-10(2)21-13/h9,11,20H,3-8H2,1-2H3/t9-,11?/m0/s1. The fourth-order valence-corrected chi connectivity index (χ4v) is 3.58. The highest BCUT2D eigenvalue weighted by Crippen LogP contribution is 2.36. The van der Waals surface area contributed by atoms with Crippen LogP contribution in [0, 0.1) is 12.8 Å². The molecular formula is C16H21F3N4O. The molecule has 2 atom stereocenters. The van der Waals surface area contributed by atoms with E-state index in [1.807, 2.05) is 6.92 Å². The van der Waals surface area contributed by atoms with Crippen molar-refractivity contribution in [1.82, 2.24) is 20.2 Å². The topological polar surface area (TPSA) is 58.1 Å². The third kappa shape index (κ3) is 3.24. The predicted octanol–water partition coefficient (Wildman–Crippen LogP) is 1.73. The molecule has 5 nitrogen and oxygen atoms in total. The maximum atomic E-state index is 13.3. The van der Waals surface area contributed by atoms with Crippen molar-refractivity contribution in [3.8, 4) is 0 Å². The molecule has 24 heavy (non-hydrogen) atoms. The lowest BCUT2D eigenvalue weighted by atomic mass is 9.84. The molecular weight excluding hydrogens is 321 g/mol. The summed E-state index contributed by atoms with van der Waals surface area (Å²) < 4.78 is 39.9. The van der Waals surface area contributed by atoms with Crippen LogP contribution in [-0.4, -0.2) is 46.5 Å². The van der Waals surface area contributed by atoms with Crippen LogP contribution in [0.3, 0.4) is 0 Å². The third-order valence-electron chi connectivity index (χ3n) is 4.79. The zero-order chi connectivity index (χ0) is 17.5. The summed E-state index contributed by atoms with van der Waals surface area (Å²) in [5, 5.41) is 3.21. The van der Waals surface area contributed by atoms with E-state index in [4.69, 9.17) is 0 Å². The normalized spacial score (nSPS) is 24.6. The van der Waals surface area contributed by atoms with Crippen LogP contribution in [-0.2, 0) is 23.8 Å². The SMILES string of the molecule is Cc1nc2c(c(C(F)(F)F)n1)CC(C(=O)N1CCNC[C@@H]1C)CC2. The number of carbonyl (C=O) groups is 1. The molecule has 0 bridgehead atoms. The number of fused-ring (bicyclic) bond motifs is 1. The molecule has 0 radical (unpaired) electrons. The lowest BCUT2D eigenvalue weighted by Crippen LogP contribution is -2.54. The molecule has 2 heterocycles. The molecule has 0 aromatic carbocycles. The van der Waals surface area contributed by atoms with Gasteiger partial charge in [0.2, 0.25) is 5.91 Å². The second kappa shape index (κ2) is 6.31. The zero-order valence-corrected chi connectivity index (χ0v) is 13.8. The van der Waals surface area contributed by atoms with Gasteiger partial charge < -0.3 is 10.2 Å². The van der Waals surface area contributed by atoms with E-state index in [1.165, 1.54) is 6.92 Å². The van der Waals surface area contributed by atoms with Gasteiger partial charge in [0.1, 0.15) is 5.82 Å². The van der Waals surface area contributed by atoms with E-state index in [1.54, 1.807) is 4.90 Å². The summed E-state index contributed by atoms with van der Waals surface area (Å²) in [6, 6.07) is 0.0593. The Hall–Kier alpha value is -1.70. The Bertz CT molecular complexity index is 647. The molecule has 132 valence electrons. The number of hydrogen-bond donors (Lipinski definition) is 1. The van der Waals surface area contributed by atoms with Crippen LogP contribution < -0.4 is 5.32 Å². The summed E-state index contributed by atoms with van der Waals surface area (Å²) in [5.41, 5.74) is -0.344. The molecule has 1 unspecified atom stereocenters. The molecule has 0 spiro atoms. The Labute approximate surface area is 138 Å². The summed E-state index contributed by atoms with van der Waals surface area (Å²) >= 11 is 0. The van der Waals surface area contributed by atoms with Crippen molar-refractivity contribution >= 4 is 5.91 Å². The van der Waals surface area contributed by atoms with Gasteiger partial charge in [0.05, 0.1) is 0 Å². The first-order valence-corrected chi connectivity index (χ1v) is 8.22. The Balaban J connectivity index is 1.87. The van der Waals surface area contributed by atoms with Crippen molar-refractivity contribution in [1.29, 1.82) is 0 Å². The number of carbonyl (C=O) groups excluding carboxylic acids is 1. The maximum Gasteiger partial charge on any atom is 0.433 e. The van der Waals surface area contributed by atoms with E-state index in [0.717, 1.165) is 6.54 Å². The van der Waals surface area contributed by atoms with Crippen molar-refractivity contribution in [2.24, 2.45) is 5.92 Å². The molecule has 1 N–H and O–H groups in total. The highest BCUT2D eigenvalue weighted by Gasteiger charge is 2.40. The van der Waals surface area contributed by atoms with Gasteiger partial charge in [-0.3, -0.25) is 4.79 Å². The van der Waals surface area contributed by atoms with Crippen LogP contribution in [0.1, 0.15) is 36.1 Å². The lowest BCUT2D eigenvalue weighted by molar-refractivity contribution is -0.144. The Morgan fingerprint density at radius 2 is 2.08 bits per heavy atom. The summed E-state index contributed by atoms with van der Waals surface area (Å²) in [4.78, 5) is 22.3. The Morgan fingerprint density at radius 3 is 2.75 bits per heavy atom. The van der Waals surface area contributed by atoms with Crippen LogP contribution in [0.2, 0.25) is 0 Å². The molecule has 1 aliphatic heterocycles. The van der Waals surface area contributed by atoms with Crippen LogP contribution >= 0.6 is 0 Å². The van der Waals surface area contributed by atoms with E-state index >= 15 is 0 Å².